The Morgan fingerprint density at radius 1 is 1.45 bits per heavy atom. The molecule has 0 spiro atoms. The largest absolute Gasteiger partial charge is 0.365 e. The first-order valence-corrected chi connectivity index (χ1v) is 9.05. The Hall–Kier alpha value is -1.66. The van der Waals surface area contributed by atoms with Crippen molar-refractivity contribution in [3.8, 4) is 0 Å². The van der Waals surface area contributed by atoms with Crippen LogP contribution < -0.4 is 0 Å². The summed E-state index contributed by atoms with van der Waals surface area (Å²) in [4.78, 5) is 14.2. The summed E-state index contributed by atoms with van der Waals surface area (Å²) >= 11 is 0. The van der Waals surface area contributed by atoms with E-state index in [1.807, 2.05) is 30.3 Å². The van der Waals surface area contributed by atoms with E-state index in [1.54, 1.807) is 17.9 Å². The monoisotopic (exact) mass is 323 g/mol. The minimum Gasteiger partial charge on any atom is -0.365 e. The zero-order valence-corrected chi connectivity index (χ0v) is 13.5. The molecule has 5 nitrogen and oxygen atoms in total. The van der Waals surface area contributed by atoms with Gasteiger partial charge in [-0.1, -0.05) is 36.4 Å². The summed E-state index contributed by atoms with van der Waals surface area (Å²) in [5, 5.41) is 0. The molecule has 2 atom stereocenters. The maximum atomic E-state index is 12.6. The number of carbonyl (C=O) groups excluding carboxylic acids is 1. The van der Waals surface area contributed by atoms with Crippen LogP contribution in [-0.2, 0) is 19.4 Å². The van der Waals surface area contributed by atoms with Gasteiger partial charge in [-0.15, -0.1) is 6.58 Å². The lowest BCUT2D eigenvalue weighted by Crippen LogP contribution is -2.49. The summed E-state index contributed by atoms with van der Waals surface area (Å²) in [6.45, 7) is 5.72. The van der Waals surface area contributed by atoms with Crippen LogP contribution in [0, 0.1) is 0 Å². The van der Waals surface area contributed by atoms with E-state index in [0.29, 0.717) is 0 Å². The number of sulfone groups is 1. The lowest BCUT2D eigenvalue weighted by molar-refractivity contribution is -0.144. The molecule has 0 saturated carbocycles. The maximum Gasteiger partial charge on any atom is 0.252 e. The van der Waals surface area contributed by atoms with Crippen LogP contribution in [0.3, 0.4) is 0 Å². The number of ether oxygens (including phenoxy) is 1. The van der Waals surface area contributed by atoms with Crippen molar-refractivity contribution < 1.29 is 17.9 Å². The minimum atomic E-state index is -3.14. The molecule has 1 amide bonds. The van der Waals surface area contributed by atoms with Crippen LogP contribution in [0.5, 0.6) is 0 Å². The molecular weight excluding hydrogens is 302 g/mol. The quantitative estimate of drug-likeness (QED) is 0.772. The first-order valence-electron chi connectivity index (χ1n) is 7.23. The highest BCUT2D eigenvalue weighted by molar-refractivity contribution is 7.91. The molecule has 1 saturated heterocycles. The van der Waals surface area contributed by atoms with Gasteiger partial charge in [0, 0.05) is 6.54 Å². The highest BCUT2D eigenvalue weighted by Gasteiger charge is 2.36. The number of nitrogens with zero attached hydrogens (tertiary/aromatic N) is 1. The van der Waals surface area contributed by atoms with Crippen molar-refractivity contribution in [3.05, 3.63) is 48.6 Å². The molecule has 0 unspecified atom stereocenters. The Kier molecular flexibility index (Phi) is 5.37. The Morgan fingerprint density at radius 3 is 2.77 bits per heavy atom. The lowest BCUT2D eigenvalue weighted by Gasteiger charge is -2.37. The Bertz CT molecular complexity index is 627. The third kappa shape index (κ3) is 3.96. The van der Waals surface area contributed by atoms with E-state index >= 15 is 0 Å². The van der Waals surface area contributed by atoms with Crippen LogP contribution in [0.15, 0.2) is 43.0 Å². The van der Waals surface area contributed by atoms with E-state index in [2.05, 4.69) is 6.58 Å². The van der Waals surface area contributed by atoms with Gasteiger partial charge in [0.15, 0.2) is 9.84 Å². The highest BCUT2D eigenvalue weighted by atomic mass is 32.2. The maximum absolute atomic E-state index is 12.6. The summed E-state index contributed by atoms with van der Waals surface area (Å²) in [6.07, 6.45) is 0.962. The second-order valence-electron chi connectivity index (χ2n) is 5.34. The third-order valence-electron chi connectivity index (χ3n) is 3.71. The van der Waals surface area contributed by atoms with E-state index in [9.17, 15) is 13.2 Å². The van der Waals surface area contributed by atoms with Crippen LogP contribution >= 0.6 is 0 Å². The minimum absolute atomic E-state index is 0.00372. The molecule has 1 fully saturated rings. The van der Waals surface area contributed by atoms with Gasteiger partial charge in [-0.3, -0.25) is 4.79 Å². The number of benzene rings is 1. The summed E-state index contributed by atoms with van der Waals surface area (Å²) in [6, 6.07) is 8.79. The van der Waals surface area contributed by atoms with Gasteiger partial charge in [0.25, 0.3) is 5.91 Å². The second kappa shape index (κ2) is 7.07. The van der Waals surface area contributed by atoms with E-state index in [-0.39, 0.29) is 30.6 Å². The normalized spacial score (nSPS) is 22.0. The van der Waals surface area contributed by atoms with Crippen LogP contribution in [-0.4, -0.2) is 50.0 Å². The molecule has 1 heterocycles. The van der Waals surface area contributed by atoms with Gasteiger partial charge in [0.1, 0.15) is 6.10 Å². The fourth-order valence-corrected chi connectivity index (χ4v) is 4.03. The van der Waals surface area contributed by atoms with Gasteiger partial charge < -0.3 is 9.64 Å². The molecule has 1 aliphatic rings. The van der Waals surface area contributed by atoms with Gasteiger partial charge in [-0.25, -0.2) is 8.42 Å². The topological polar surface area (TPSA) is 63.7 Å². The van der Waals surface area contributed by atoms with Crippen molar-refractivity contribution in [2.75, 3.05) is 24.7 Å². The zero-order valence-electron chi connectivity index (χ0n) is 12.6. The summed E-state index contributed by atoms with van der Waals surface area (Å²) in [5.41, 5.74) is 0.829. The fraction of sp³-hybridized carbons (Fsp3) is 0.438. The van der Waals surface area contributed by atoms with Gasteiger partial charge in [0.05, 0.1) is 24.2 Å². The SMILES string of the molecule is C=CCO[C@H](C)C(=O)N1CCS(=O)(=O)C[C@@H]1c1ccccc1. The van der Waals surface area contributed by atoms with Gasteiger partial charge >= 0.3 is 0 Å². The molecule has 1 aromatic rings. The van der Waals surface area contributed by atoms with Crippen molar-refractivity contribution >= 4 is 15.7 Å². The van der Waals surface area contributed by atoms with Crippen molar-refractivity contribution in [1.29, 1.82) is 0 Å². The van der Waals surface area contributed by atoms with E-state index < -0.39 is 22.0 Å². The van der Waals surface area contributed by atoms with Gasteiger partial charge in [0.2, 0.25) is 0 Å². The molecule has 0 aliphatic carbocycles. The van der Waals surface area contributed by atoms with Crippen LogP contribution in [0.2, 0.25) is 0 Å². The number of carbonyl (C=O) groups is 1. The van der Waals surface area contributed by atoms with Crippen molar-refractivity contribution in [2.45, 2.75) is 19.1 Å². The Balaban J connectivity index is 2.24. The van der Waals surface area contributed by atoms with Crippen LogP contribution in [0.1, 0.15) is 18.5 Å². The first-order chi connectivity index (χ1) is 10.4. The highest BCUT2D eigenvalue weighted by Crippen LogP contribution is 2.27. The van der Waals surface area contributed by atoms with Crippen LogP contribution in [0.4, 0.5) is 0 Å². The summed E-state index contributed by atoms with van der Waals surface area (Å²) in [7, 11) is -3.14. The molecule has 0 bridgehead atoms. The predicted octanol–water partition coefficient (Wildman–Crippen LogP) is 1.58. The molecule has 0 aromatic heterocycles. The van der Waals surface area contributed by atoms with Crippen LogP contribution in [0.25, 0.3) is 0 Å². The fourth-order valence-electron chi connectivity index (χ4n) is 2.54. The molecular formula is C16H21NO4S. The molecule has 0 radical (unpaired) electrons. The zero-order chi connectivity index (χ0) is 16.2. The van der Waals surface area contributed by atoms with E-state index in [1.165, 1.54) is 0 Å². The lowest BCUT2D eigenvalue weighted by atomic mass is 10.1. The standard InChI is InChI=1S/C16H21NO4S/c1-3-10-21-13(2)16(18)17-9-11-22(19,20)12-15(17)14-7-5-4-6-8-14/h3-8,13,15H,1,9-12H2,2H3/t13-,15-/m1/s1. The molecule has 22 heavy (non-hydrogen) atoms. The molecule has 1 aliphatic heterocycles. The smallest absolute Gasteiger partial charge is 0.252 e. The number of rotatable bonds is 5. The molecule has 1 aromatic carbocycles. The molecule has 120 valence electrons. The van der Waals surface area contributed by atoms with Crippen molar-refractivity contribution in [1.82, 2.24) is 4.90 Å². The average Bonchev–Trinajstić information content (AvgIpc) is 2.52. The van der Waals surface area contributed by atoms with Crippen molar-refractivity contribution in [2.24, 2.45) is 0 Å². The average molecular weight is 323 g/mol. The number of hydrogen-bond donors (Lipinski definition) is 0. The van der Waals surface area contributed by atoms with Gasteiger partial charge in [-0.05, 0) is 12.5 Å². The third-order valence-corrected chi connectivity index (χ3v) is 5.34. The molecule has 2 rings (SSSR count). The van der Waals surface area contributed by atoms with Crippen molar-refractivity contribution in [3.63, 3.8) is 0 Å². The summed E-state index contributed by atoms with van der Waals surface area (Å²) in [5.74, 6) is -0.238. The van der Waals surface area contributed by atoms with E-state index in [0.717, 1.165) is 5.56 Å². The number of amides is 1. The second-order valence-corrected chi connectivity index (χ2v) is 7.57. The number of hydrogen-bond acceptors (Lipinski definition) is 4. The molecule has 6 heteroatoms. The first kappa shape index (κ1) is 16.7. The Labute approximate surface area is 131 Å². The predicted molar refractivity (Wildman–Crippen MR) is 85.2 cm³/mol. The summed E-state index contributed by atoms with van der Waals surface area (Å²) < 4.78 is 29.3. The molecule has 0 N–H and O–H groups in total. The Morgan fingerprint density at radius 2 is 2.14 bits per heavy atom. The van der Waals surface area contributed by atoms with E-state index in [4.69, 9.17) is 4.74 Å². The van der Waals surface area contributed by atoms with Gasteiger partial charge in [-0.2, -0.15) is 0 Å².